The van der Waals surface area contributed by atoms with Gasteiger partial charge in [0.2, 0.25) is 5.91 Å². The number of nitrogens with one attached hydrogen (secondary N) is 2. The van der Waals surface area contributed by atoms with Crippen molar-refractivity contribution in [2.75, 3.05) is 19.6 Å². The molecule has 5 nitrogen and oxygen atoms in total. The topological polar surface area (TPSA) is 59.0 Å². The molecule has 1 fully saturated rings. The fourth-order valence-electron chi connectivity index (χ4n) is 2.67. The van der Waals surface area contributed by atoms with Gasteiger partial charge in [0.25, 0.3) is 0 Å². The van der Waals surface area contributed by atoms with Crippen LogP contribution in [0.3, 0.4) is 0 Å². The summed E-state index contributed by atoms with van der Waals surface area (Å²) < 4.78 is 2.14. The normalized spacial score (nSPS) is 18.5. The van der Waals surface area contributed by atoms with Crippen molar-refractivity contribution in [1.29, 1.82) is 0 Å². The first-order valence-electron chi connectivity index (χ1n) is 7.23. The SMILES string of the molecule is O=C(NCCCn1cnc2ccccc21)C1CCNC1. The number of fused-ring (bicyclic) bond motifs is 1. The average Bonchev–Trinajstić information content (AvgIpc) is 3.13. The van der Waals surface area contributed by atoms with Crippen molar-refractivity contribution >= 4 is 16.9 Å². The highest BCUT2D eigenvalue weighted by atomic mass is 16.1. The van der Waals surface area contributed by atoms with Crippen LogP contribution in [0.1, 0.15) is 12.8 Å². The minimum Gasteiger partial charge on any atom is -0.356 e. The summed E-state index contributed by atoms with van der Waals surface area (Å²) in [5, 5.41) is 6.24. The van der Waals surface area contributed by atoms with Crippen LogP contribution in [0.2, 0.25) is 0 Å². The second-order valence-corrected chi connectivity index (χ2v) is 5.26. The number of carbonyl (C=O) groups excluding carboxylic acids is 1. The van der Waals surface area contributed by atoms with Crippen LogP contribution in [0.15, 0.2) is 30.6 Å². The molecule has 1 amide bonds. The number of nitrogens with zero attached hydrogens (tertiary/aromatic N) is 2. The molecule has 1 aromatic carbocycles. The lowest BCUT2D eigenvalue weighted by Gasteiger charge is -2.10. The molecule has 0 bridgehead atoms. The molecule has 5 heteroatoms. The number of carbonyl (C=O) groups is 1. The third-order valence-corrected chi connectivity index (χ3v) is 3.83. The molecule has 1 aromatic heterocycles. The highest BCUT2D eigenvalue weighted by Crippen LogP contribution is 2.12. The second-order valence-electron chi connectivity index (χ2n) is 5.26. The highest BCUT2D eigenvalue weighted by Gasteiger charge is 2.21. The van der Waals surface area contributed by atoms with Crippen molar-refractivity contribution in [3.63, 3.8) is 0 Å². The van der Waals surface area contributed by atoms with Gasteiger partial charge in [0, 0.05) is 19.6 Å². The summed E-state index contributed by atoms with van der Waals surface area (Å²) in [6.07, 6.45) is 3.75. The molecule has 3 rings (SSSR count). The van der Waals surface area contributed by atoms with E-state index in [0.717, 1.165) is 50.1 Å². The number of hydrogen-bond donors (Lipinski definition) is 2. The molecular weight excluding hydrogens is 252 g/mol. The van der Waals surface area contributed by atoms with E-state index in [1.165, 1.54) is 0 Å². The van der Waals surface area contributed by atoms with E-state index >= 15 is 0 Å². The van der Waals surface area contributed by atoms with Gasteiger partial charge in [-0.05, 0) is 31.5 Å². The molecule has 1 saturated heterocycles. The van der Waals surface area contributed by atoms with Crippen molar-refractivity contribution in [3.05, 3.63) is 30.6 Å². The van der Waals surface area contributed by atoms with Crippen LogP contribution in [0.5, 0.6) is 0 Å². The molecule has 2 aromatic rings. The van der Waals surface area contributed by atoms with Gasteiger partial charge >= 0.3 is 0 Å². The Morgan fingerprint density at radius 3 is 3.20 bits per heavy atom. The third-order valence-electron chi connectivity index (χ3n) is 3.83. The van der Waals surface area contributed by atoms with Crippen LogP contribution in [-0.2, 0) is 11.3 Å². The first-order chi connectivity index (χ1) is 9.84. The number of hydrogen-bond acceptors (Lipinski definition) is 3. The van der Waals surface area contributed by atoms with E-state index in [2.05, 4.69) is 26.3 Å². The quantitative estimate of drug-likeness (QED) is 0.803. The molecule has 0 spiro atoms. The Hall–Kier alpha value is -1.88. The van der Waals surface area contributed by atoms with Gasteiger partial charge in [-0.3, -0.25) is 4.79 Å². The molecule has 1 aliphatic heterocycles. The number of aryl methyl sites for hydroxylation is 1. The van der Waals surface area contributed by atoms with Crippen molar-refractivity contribution in [2.45, 2.75) is 19.4 Å². The number of imidazole rings is 1. The van der Waals surface area contributed by atoms with Gasteiger partial charge in [-0.25, -0.2) is 4.98 Å². The summed E-state index contributed by atoms with van der Waals surface area (Å²) in [6, 6.07) is 8.11. The molecule has 1 atom stereocenters. The predicted molar refractivity (Wildman–Crippen MR) is 78.3 cm³/mol. The summed E-state index contributed by atoms with van der Waals surface area (Å²) in [6.45, 7) is 3.38. The molecule has 0 aliphatic carbocycles. The number of amides is 1. The van der Waals surface area contributed by atoms with E-state index in [0.29, 0.717) is 0 Å². The lowest BCUT2D eigenvalue weighted by Crippen LogP contribution is -2.32. The minimum absolute atomic E-state index is 0.157. The lowest BCUT2D eigenvalue weighted by molar-refractivity contribution is -0.124. The van der Waals surface area contributed by atoms with Crippen molar-refractivity contribution in [2.24, 2.45) is 5.92 Å². The van der Waals surface area contributed by atoms with Crippen LogP contribution in [0.25, 0.3) is 11.0 Å². The Morgan fingerprint density at radius 1 is 1.45 bits per heavy atom. The average molecular weight is 272 g/mol. The van der Waals surface area contributed by atoms with E-state index in [4.69, 9.17) is 0 Å². The Kier molecular flexibility index (Phi) is 3.97. The van der Waals surface area contributed by atoms with Gasteiger partial charge in [-0.2, -0.15) is 0 Å². The molecular formula is C15H20N4O. The van der Waals surface area contributed by atoms with Crippen LogP contribution in [0.4, 0.5) is 0 Å². The Balaban J connectivity index is 1.47. The Morgan fingerprint density at radius 2 is 2.35 bits per heavy atom. The lowest BCUT2D eigenvalue weighted by atomic mass is 10.1. The Labute approximate surface area is 118 Å². The molecule has 0 saturated carbocycles. The number of aromatic nitrogens is 2. The summed E-state index contributed by atoms with van der Waals surface area (Å²) in [5.41, 5.74) is 2.17. The minimum atomic E-state index is 0.157. The molecule has 1 unspecified atom stereocenters. The molecule has 2 N–H and O–H groups in total. The van der Waals surface area contributed by atoms with E-state index in [1.54, 1.807) is 0 Å². The number of rotatable bonds is 5. The zero-order valence-corrected chi connectivity index (χ0v) is 11.5. The second kappa shape index (κ2) is 6.05. The van der Waals surface area contributed by atoms with Gasteiger partial charge in [-0.1, -0.05) is 12.1 Å². The van der Waals surface area contributed by atoms with Crippen molar-refractivity contribution < 1.29 is 4.79 Å². The fraction of sp³-hybridized carbons (Fsp3) is 0.467. The van der Waals surface area contributed by atoms with Crippen LogP contribution in [-0.4, -0.2) is 35.1 Å². The zero-order valence-electron chi connectivity index (χ0n) is 11.5. The van der Waals surface area contributed by atoms with Gasteiger partial charge < -0.3 is 15.2 Å². The molecule has 20 heavy (non-hydrogen) atoms. The number of benzene rings is 1. The predicted octanol–water partition coefficient (Wildman–Crippen LogP) is 1.15. The van der Waals surface area contributed by atoms with Gasteiger partial charge in [-0.15, -0.1) is 0 Å². The molecule has 106 valence electrons. The van der Waals surface area contributed by atoms with E-state index in [1.807, 2.05) is 24.5 Å². The monoisotopic (exact) mass is 272 g/mol. The van der Waals surface area contributed by atoms with Gasteiger partial charge in [0.1, 0.15) is 0 Å². The first-order valence-corrected chi connectivity index (χ1v) is 7.23. The van der Waals surface area contributed by atoms with E-state index in [-0.39, 0.29) is 11.8 Å². The first kappa shape index (κ1) is 13.1. The number of para-hydroxylation sites is 2. The summed E-state index contributed by atoms with van der Waals surface area (Å²) in [4.78, 5) is 16.2. The molecule has 1 aliphatic rings. The summed E-state index contributed by atoms with van der Waals surface area (Å²) in [5.74, 6) is 0.342. The Bertz CT molecular complexity index is 586. The zero-order chi connectivity index (χ0) is 13.8. The maximum Gasteiger partial charge on any atom is 0.224 e. The van der Waals surface area contributed by atoms with Crippen molar-refractivity contribution in [3.8, 4) is 0 Å². The van der Waals surface area contributed by atoms with Crippen LogP contribution in [0, 0.1) is 5.92 Å². The van der Waals surface area contributed by atoms with Gasteiger partial charge in [0.05, 0.1) is 23.3 Å². The standard InChI is InChI=1S/C15H20N4O/c20-15(12-6-8-16-10-12)17-7-3-9-19-11-18-13-4-1-2-5-14(13)19/h1-2,4-5,11-12,16H,3,6-10H2,(H,17,20). The summed E-state index contributed by atoms with van der Waals surface area (Å²) >= 11 is 0. The van der Waals surface area contributed by atoms with Crippen molar-refractivity contribution in [1.82, 2.24) is 20.2 Å². The van der Waals surface area contributed by atoms with Gasteiger partial charge in [0.15, 0.2) is 0 Å². The molecule has 0 radical (unpaired) electrons. The van der Waals surface area contributed by atoms with Crippen LogP contribution >= 0.6 is 0 Å². The van der Waals surface area contributed by atoms with E-state index in [9.17, 15) is 4.79 Å². The molecule has 2 heterocycles. The van der Waals surface area contributed by atoms with Crippen LogP contribution < -0.4 is 10.6 Å². The summed E-state index contributed by atoms with van der Waals surface area (Å²) in [7, 11) is 0. The maximum atomic E-state index is 11.8. The van der Waals surface area contributed by atoms with E-state index < -0.39 is 0 Å². The third kappa shape index (κ3) is 2.82. The largest absolute Gasteiger partial charge is 0.356 e. The fourth-order valence-corrected chi connectivity index (χ4v) is 2.67. The smallest absolute Gasteiger partial charge is 0.224 e. The highest BCUT2D eigenvalue weighted by molar-refractivity contribution is 5.79. The maximum absolute atomic E-state index is 11.8.